The average molecular weight is 511 g/mol. The van der Waals surface area contributed by atoms with E-state index in [-0.39, 0.29) is 36.6 Å². The zero-order chi connectivity index (χ0) is 26.2. The molecule has 0 radical (unpaired) electrons. The van der Waals surface area contributed by atoms with Crippen molar-refractivity contribution in [2.24, 2.45) is 10.9 Å². The molecule has 1 saturated carbocycles. The van der Waals surface area contributed by atoms with Crippen molar-refractivity contribution in [3.8, 4) is 0 Å². The van der Waals surface area contributed by atoms with Crippen LogP contribution >= 0.6 is 0 Å². The van der Waals surface area contributed by atoms with E-state index < -0.39 is 29.6 Å². The third kappa shape index (κ3) is 5.36. The number of benzene rings is 1. The molecule has 3 atom stereocenters. The summed E-state index contributed by atoms with van der Waals surface area (Å²) in [6.07, 6.45) is -4.64. The van der Waals surface area contributed by atoms with E-state index in [1.807, 2.05) is 20.8 Å². The first kappa shape index (κ1) is 26.4. The van der Waals surface area contributed by atoms with E-state index in [2.05, 4.69) is 20.5 Å². The van der Waals surface area contributed by atoms with Gasteiger partial charge in [-0.3, -0.25) is 9.79 Å². The van der Waals surface area contributed by atoms with Gasteiger partial charge in [0.25, 0.3) is 0 Å². The fraction of sp³-hybridized carbons (Fsp3) is 0.600. The van der Waals surface area contributed by atoms with E-state index in [0.29, 0.717) is 44.4 Å². The second-order valence-corrected chi connectivity index (χ2v) is 9.89. The van der Waals surface area contributed by atoms with Crippen LogP contribution in [0.15, 0.2) is 34.6 Å². The predicted octanol–water partition coefficient (Wildman–Crippen LogP) is 3.47. The molecule has 7 nitrogen and oxygen atoms in total. The van der Waals surface area contributed by atoms with Crippen molar-refractivity contribution in [1.29, 1.82) is 0 Å². The van der Waals surface area contributed by atoms with E-state index in [9.17, 15) is 27.5 Å². The van der Waals surface area contributed by atoms with Gasteiger partial charge in [-0.15, -0.1) is 0 Å². The molecule has 1 amide bonds. The molecular formula is C25H32F4N5O2-. The highest BCUT2D eigenvalue weighted by Gasteiger charge is 2.36. The van der Waals surface area contributed by atoms with E-state index in [1.165, 1.54) is 0 Å². The van der Waals surface area contributed by atoms with E-state index in [4.69, 9.17) is 0 Å². The van der Waals surface area contributed by atoms with Crippen molar-refractivity contribution in [3.63, 3.8) is 0 Å². The Balaban J connectivity index is 1.50. The summed E-state index contributed by atoms with van der Waals surface area (Å²) in [5.74, 6) is -1.38. The highest BCUT2D eigenvalue weighted by atomic mass is 19.4. The van der Waals surface area contributed by atoms with Crippen molar-refractivity contribution in [2.45, 2.75) is 51.4 Å². The van der Waals surface area contributed by atoms with Gasteiger partial charge in [0.15, 0.2) is 0 Å². The lowest BCUT2D eigenvalue weighted by Gasteiger charge is -2.47. The number of carbonyl (C=O) groups is 1. The zero-order valence-corrected chi connectivity index (χ0v) is 20.6. The summed E-state index contributed by atoms with van der Waals surface area (Å²) in [5, 5.41) is 18.0. The summed E-state index contributed by atoms with van der Waals surface area (Å²) >= 11 is 0. The number of hydrogen-bond donors (Lipinski definition) is 2. The Hall–Kier alpha value is -2.66. The lowest BCUT2D eigenvalue weighted by atomic mass is 9.94. The van der Waals surface area contributed by atoms with E-state index >= 15 is 0 Å². The van der Waals surface area contributed by atoms with Gasteiger partial charge in [0, 0.05) is 37.9 Å². The Morgan fingerprint density at radius 1 is 1.25 bits per heavy atom. The molecule has 1 aliphatic carbocycles. The lowest BCUT2D eigenvalue weighted by molar-refractivity contribution is -0.137. The van der Waals surface area contributed by atoms with Crippen LogP contribution in [0, 0.1) is 11.7 Å². The first-order chi connectivity index (χ1) is 17.0. The number of nitrogens with one attached hydrogen (secondary N) is 1. The van der Waals surface area contributed by atoms with Crippen molar-refractivity contribution in [2.75, 3.05) is 39.4 Å². The predicted molar refractivity (Wildman–Crippen MR) is 128 cm³/mol. The number of piperazine rings is 1. The standard InChI is InChI=1S/C25H32F4N5O2/c1-14(2)30-12-18(17-5-4-16(11-19(17)26)25(27,28)29)24(36)34-8-6-33(7-9-34)23-21-15(3)10-20(35)22(21)31-13-32-23/h4-5,11,14-15,18,20,30,35H,6-10,12-13H2,1-3H3/q-1/t15-,18?,20-/m1/s1. The van der Waals surface area contributed by atoms with Crippen molar-refractivity contribution >= 4 is 11.6 Å². The van der Waals surface area contributed by atoms with Gasteiger partial charge in [0.05, 0.1) is 23.3 Å². The molecule has 4 rings (SSSR count). The van der Waals surface area contributed by atoms with Crippen LogP contribution in [0.1, 0.15) is 44.2 Å². The molecule has 0 spiro atoms. The Morgan fingerprint density at radius 3 is 2.56 bits per heavy atom. The molecule has 1 aromatic carbocycles. The average Bonchev–Trinajstić information content (AvgIpc) is 3.12. The molecule has 1 saturated heterocycles. The number of carbonyl (C=O) groups excluding carboxylic acids is 1. The minimum absolute atomic E-state index is 0.00982. The molecule has 36 heavy (non-hydrogen) atoms. The summed E-state index contributed by atoms with van der Waals surface area (Å²) < 4.78 is 53.9. The molecule has 1 unspecified atom stereocenters. The van der Waals surface area contributed by atoms with Crippen LogP contribution in [0.2, 0.25) is 0 Å². The molecule has 2 aliphatic heterocycles. The third-order valence-corrected chi connectivity index (χ3v) is 6.99. The number of hydrogen-bond acceptors (Lipinski definition) is 5. The molecule has 2 fully saturated rings. The quantitative estimate of drug-likeness (QED) is 0.575. The van der Waals surface area contributed by atoms with Gasteiger partial charge in [-0.25, -0.2) is 4.39 Å². The maximum absolute atomic E-state index is 14.8. The van der Waals surface area contributed by atoms with Crippen LogP contribution in [0.5, 0.6) is 0 Å². The van der Waals surface area contributed by atoms with Crippen molar-refractivity contribution in [3.05, 3.63) is 51.9 Å². The Morgan fingerprint density at radius 2 is 1.94 bits per heavy atom. The third-order valence-electron chi connectivity index (χ3n) is 6.99. The number of halogens is 4. The van der Waals surface area contributed by atoms with E-state index in [1.54, 1.807) is 4.90 Å². The van der Waals surface area contributed by atoms with Gasteiger partial charge in [0.1, 0.15) is 5.82 Å². The highest BCUT2D eigenvalue weighted by molar-refractivity contribution is 6.07. The summed E-state index contributed by atoms with van der Waals surface area (Å²) in [6, 6.07) is 2.36. The van der Waals surface area contributed by atoms with Crippen LogP contribution in [0.4, 0.5) is 17.6 Å². The van der Waals surface area contributed by atoms with Crippen LogP contribution < -0.4 is 5.32 Å². The fourth-order valence-corrected chi connectivity index (χ4v) is 5.08. The zero-order valence-electron chi connectivity index (χ0n) is 20.6. The van der Waals surface area contributed by atoms with Gasteiger partial charge in [-0.05, 0) is 43.1 Å². The van der Waals surface area contributed by atoms with Crippen molar-refractivity contribution < 1.29 is 27.5 Å². The minimum Gasteiger partial charge on any atom is -0.465 e. The molecule has 0 bridgehead atoms. The van der Waals surface area contributed by atoms with E-state index in [0.717, 1.165) is 23.5 Å². The SMILES string of the molecule is CC(C)NCC(C(=O)N1CCN(C2=C3C(=NC[N-]2)[C@H](O)C[C@H]3C)CC1)c1ccc(C(F)(F)F)cc1F. The summed E-state index contributed by atoms with van der Waals surface area (Å²) in [5.41, 5.74) is 0.522. The Labute approximate surface area is 208 Å². The summed E-state index contributed by atoms with van der Waals surface area (Å²) in [4.78, 5) is 21.6. The molecule has 0 aromatic heterocycles. The molecule has 3 aliphatic rings. The highest BCUT2D eigenvalue weighted by Crippen LogP contribution is 2.38. The number of rotatable bonds is 6. The molecule has 2 N–H and O–H groups in total. The smallest absolute Gasteiger partial charge is 0.416 e. The van der Waals surface area contributed by atoms with Crippen molar-refractivity contribution in [1.82, 2.24) is 15.1 Å². The minimum atomic E-state index is -4.66. The summed E-state index contributed by atoms with van der Waals surface area (Å²) in [6.45, 7) is 7.91. The lowest BCUT2D eigenvalue weighted by Crippen LogP contribution is -2.51. The normalized spacial score (nSPS) is 23.5. The fourth-order valence-electron chi connectivity index (χ4n) is 5.08. The number of aliphatic hydroxyl groups excluding tert-OH is 1. The second-order valence-electron chi connectivity index (χ2n) is 9.89. The van der Waals surface area contributed by atoms with Gasteiger partial charge in [0.2, 0.25) is 5.91 Å². The number of amides is 1. The summed E-state index contributed by atoms with van der Waals surface area (Å²) in [7, 11) is 0. The largest absolute Gasteiger partial charge is 0.465 e. The maximum Gasteiger partial charge on any atom is 0.416 e. The van der Waals surface area contributed by atoms with Gasteiger partial charge in [-0.2, -0.15) is 13.2 Å². The number of aliphatic hydroxyl groups is 1. The Kier molecular flexibility index (Phi) is 7.61. The molecule has 11 heteroatoms. The number of fused-ring (bicyclic) bond motifs is 1. The maximum atomic E-state index is 14.8. The monoisotopic (exact) mass is 510 g/mol. The van der Waals surface area contributed by atoms with Gasteiger partial charge in [-0.1, -0.05) is 32.7 Å². The number of alkyl halides is 3. The number of aliphatic imine (C=N–C) groups is 1. The van der Waals surface area contributed by atoms with Gasteiger partial charge < -0.3 is 25.5 Å². The Bertz CT molecular complexity index is 1050. The molecular weight excluding hydrogens is 478 g/mol. The first-order valence-corrected chi connectivity index (χ1v) is 12.3. The van der Waals surface area contributed by atoms with Crippen LogP contribution in [-0.4, -0.2) is 78.1 Å². The first-order valence-electron chi connectivity index (χ1n) is 12.3. The molecule has 198 valence electrons. The molecule has 2 heterocycles. The molecule has 1 aromatic rings. The van der Waals surface area contributed by atoms with Crippen LogP contribution in [-0.2, 0) is 11.0 Å². The number of nitrogens with zero attached hydrogens (tertiary/aromatic N) is 4. The second kappa shape index (κ2) is 10.4. The van der Waals surface area contributed by atoms with Crippen LogP contribution in [0.25, 0.3) is 5.32 Å². The van der Waals surface area contributed by atoms with Gasteiger partial charge >= 0.3 is 6.18 Å². The van der Waals surface area contributed by atoms with Crippen LogP contribution in [0.3, 0.4) is 0 Å². The topological polar surface area (TPSA) is 82.3 Å².